The maximum absolute atomic E-state index is 12.3. The Balaban J connectivity index is 1.28. The zero-order chi connectivity index (χ0) is 20.5. The maximum Gasteiger partial charge on any atom is 0.225 e. The van der Waals surface area contributed by atoms with E-state index < -0.39 is 0 Å². The molecule has 1 aliphatic carbocycles. The standard InChI is InChI=1S/C25H27N3O2/c1-30-23-10-8-20(9-11-23)19-2-4-21(5-3-19)24-26-13-15-27(24)16-18-12-14-28(17-18)25(29)22-6-7-22/h2-5,8-11,13,15,18,22H,6-7,12,14,16-17H2,1H3. The molecule has 0 spiro atoms. The summed E-state index contributed by atoms with van der Waals surface area (Å²) in [4.78, 5) is 19.0. The summed E-state index contributed by atoms with van der Waals surface area (Å²) in [5.74, 6) is 3.04. The molecule has 30 heavy (non-hydrogen) atoms. The number of carbonyl (C=O) groups is 1. The van der Waals surface area contributed by atoms with Crippen molar-refractivity contribution in [2.24, 2.45) is 11.8 Å². The van der Waals surface area contributed by atoms with E-state index in [2.05, 4.69) is 57.0 Å². The van der Waals surface area contributed by atoms with Gasteiger partial charge in [-0.1, -0.05) is 36.4 Å². The van der Waals surface area contributed by atoms with Crippen LogP contribution >= 0.6 is 0 Å². The molecule has 1 aliphatic heterocycles. The molecule has 1 atom stereocenters. The first kappa shape index (κ1) is 18.9. The molecule has 5 rings (SSSR count). The van der Waals surface area contributed by atoms with Gasteiger partial charge in [-0.05, 0) is 48.4 Å². The molecule has 1 amide bonds. The number of rotatable bonds is 6. The molecule has 3 aromatic rings. The van der Waals surface area contributed by atoms with Crippen LogP contribution in [0.3, 0.4) is 0 Å². The molecule has 2 heterocycles. The van der Waals surface area contributed by atoms with Crippen molar-refractivity contribution < 1.29 is 9.53 Å². The second-order valence-corrected chi connectivity index (χ2v) is 8.42. The summed E-state index contributed by atoms with van der Waals surface area (Å²) in [5.41, 5.74) is 3.45. The van der Waals surface area contributed by atoms with Crippen LogP contribution in [0, 0.1) is 11.8 Å². The van der Waals surface area contributed by atoms with E-state index in [1.165, 1.54) is 5.56 Å². The Kier molecular flexibility index (Phi) is 5.03. The summed E-state index contributed by atoms with van der Waals surface area (Å²) in [6.45, 7) is 2.69. The number of nitrogens with zero attached hydrogens (tertiary/aromatic N) is 3. The fourth-order valence-electron chi connectivity index (χ4n) is 4.36. The zero-order valence-electron chi connectivity index (χ0n) is 17.3. The first-order chi connectivity index (χ1) is 14.7. The molecule has 1 saturated carbocycles. The van der Waals surface area contributed by atoms with E-state index in [1.54, 1.807) is 7.11 Å². The van der Waals surface area contributed by atoms with Gasteiger partial charge in [0.2, 0.25) is 5.91 Å². The Morgan fingerprint density at radius 2 is 1.67 bits per heavy atom. The predicted molar refractivity (Wildman–Crippen MR) is 117 cm³/mol. The fraction of sp³-hybridized carbons (Fsp3) is 0.360. The molecule has 5 heteroatoms. The van der Waals surface area contributed by atoms with Crippen LogP contribution < -0.4 is 4.74 Å². The third-order valence-corrected chi connectivity index (χ3v) is 6.26. The van der Waals surface area contributed by atoms with Gasteiger partial charge in [-0.2, -0.15) is 0 Å². The summed E-state index contributed by atoms with van der Waals surface area (Å²) in [6.07, 6.45) is 7.16. The summed E-state index contributed by atoms with van der Waals surface area (Å²) in [5, 5.41) is 0. The average molecular weight is 402 g/mol. The first-order valence-electron chi connectivity index (χ1n) is 10.8. The van der Waals surface area contributed by atoms with E-state index in [0.717, 1.165) is 61.6 Å². The number of imidazole rings is 1. The highest BCUT2D eigenvalue weighted by molar-refractivity contribution is 5.81. The van der Waals surface area contributed by atoms with Crippen LogP contribution in [-0.2, 0) is 11.3 Å². The highest BCUT2D eigenvalue weighted by atomic mass is 16.5. The first-order valence-corrected chi connectivity index (χ1v) is 10.8. The van der Waals surface area contributed by atoms with Crippen LogP contribution in [0.25, 0.3) is 22.5 Å². The normalized spacial score (nSPS) is 18.6. The number of hydrogen-bond acceptors (Lipinski definition) is 3. The quantitative estimate of drug-likeness (QED) is 0.612. The highest BCUT2D eigenvalue weighted by Gasteiger charge is 2.36. The monoisotopic (exact) mass is 401 g/mol. The molecule has 1 aromatic heterocycles. The van der Waals surface area contributed by atoms with Gasteiger partial charge in [-0.3, -0.25) is 4.79 Å². The Bertz CT molecular complexity index is 1020. The summed E-state index contributed by atoms with van der Waals surface area (Å²) in [6, 6.07) is 16.7. The zero-order valence-corrected chi connectivity index (χ0v) is 17.3. The number of aromatic nitrogens is 2. The lowest BCUT2D eigenvalue weighted by atomic mass is 10.0. The molecule has 5 nitrogen and oxygen atoms in total. The molecule has 1 unspecified atom stereocenters. The minimum atomic E-state index is 0.316. The Hall–Kier alpha value is -3.08. The van der Waals surface area contributed by atoms with Gasteiger partial charge in [-0.25, -0.2) is 4.98 Å². The number of ether oxygens (including phenoxy) is 1. The average Bonchev–Trinajstić information content (AvgIpc) is 3.37. The molecule has 0 radical (unpaired) electrons. The van der Waals surface area contributed by atoms with Crippen LogP contribution in [-0.4, -0.2) is 40.6 Å². The second-order valence-electron chi connectivity index (χ2n) is 8.42. The lowest BCUT2D eigenvalue weighted by molar-refractivity contribution is -0.131. The van der Waals surface area contributed by atoms with Gasteiger partial charge < -0.3 is 14.2 Å². The summed E-state index contributed by atoms with van der Waals surface area (Å²) < 4.78 is 7.48. The number of hydrogen-bond donors (Lipinski definition) is 0. The molecular weight excluding hydrogens is 374 g/mol. The van der Waals surface area contributed by atoms with Crippen molar-refractivity contribution in [3.63, 3.8) is 0 Å². The van der Waals surface area contributed by atoms with Crippen molar-refractivity contribution >= 4 is 5.91 Å². The predicted octanol–water partition coefficient (Wildman–Crippen LogP) is 4.48. The third kappa shape index (κ3) is 3.84. The molecule has 2 fully saturated rings. The van der Waals surface area contributed by atoms with Crippen molar-refractivity contribution in [3.05, 3.63) is 60.9 Å². The van der Waals surface area contributed by atoms with Crippen LogP contribution in [0.1, 0.15) is 19.3 Å². The summed E-state index contributed by atoms with van der Waals surface area (Å²) in [7, 11) is 1.68. The largest absolute Gasteiger partial charge is 0.497 e. The third-order valence-electron chi connectivity index (χ3n) is 6.26. The molecule has 2 aliphatic rings. The fourth-order valence-corrected chi connectivity index (χ4v) is 4.36. The van der Waals surface area contributed by atoms with E-state index in [1.807, 2.05) is 18.3 Å². The maximum atomic E-state index is 12.3. The van der Waals surface area contributed by atoms with Gasteiger partial charge in [0.1, 0.15) is 11.6 Å². The Morgan fingerprint density at radius 1 is 1.00 bits per heavy atom. The lowest BCUT2D eigenvalue weighted by Gasteiger charge is -2.17. The van der Waals surface area contributed by atoms with Crippen molar-refractivity contribution in [2.45, 2.75) is 25.8 Å². The van der Waals surface area contributed by atoms with Gasteiger partial charge in [0.25, 0.3) is 0 Å². The molecule has 2 aromatic carbocycles. The van der Waals surface area contributed by atoms with Gasteiger partial charge in [-0.15, -0.1) is 0 Å². The number of carbonyl (C=O) groups excluding carboxylic acids is 1. The SMILES string of the molecule is COc1ccc(-c2ccc(-c3nccn3CC3CCN(C(=O)C4CC4)C3)cc2)cc1. The van der Waals surface area contributed by atoms with Gasteiger partial charge in [0.15, 0.2) is 0 Å². The van der Waals surface area contributed by atoms with E-state index in [4.69, 9.17) is 4.74 Å². The molecule has 154 valence electrons. The number of methoxy groups -OCH3 is 1. The van der Waals surface area contributed by atoms with Crippen LogP contribution in [0.15, 0.2) is 60.9 Å². The number of amides is 1. The Labute approximate surface area is 177 Å². The molecule has 1 saturated heterocycles. The lowest BCUT2D eigenvalue weighted by Crippen LogP contribution is -2.30. The minimum Gasteiger partial charge on any atom is -0.497 e. The molecule has 0 bridgehead atoms. The van der Waals surface area contributed by atoms with E-state index in [-0.39, 0.29) is 0 Å². The van der Waals surface area contributed by atoms with Crippen LogP contribution in [0.2, 0.25) is 0 Å². The number of benzene rings is 2. The minimum absolute atomic E-state index is 0.316. The van der Waals surface area contributed by atoms with Crippen molar-refractivity contribution in [2.75, 3.05) is 20.2 Å². The van der Waals surface area contributed by atoms with E-state index in [9.17, 15) is 4.79 Å². The summed E-state index contributed by atoms with van der Waals surface area (Å²) >= 11 is 0. The highest BCUT2D eigenvalue weighted by Crippen LogP contribution is 2.33. The van der Waals surface area contributed by atoms with Crippen LogP contribution in [0.4, 0.5) is 0 Å². The molecule has 0 N–H and O–H groups in total. The van der Waals surface area contributed by atoms with Crippen molar-refractivity contribution in [1.29, 1.82) is 0 Å². The van der Waals surface area contributed by atoms with Gasteiger partial charge in [0.05, 0.1) is 7.11 Å². The second kappa shape index (κ2) is 7.98. The van der Waals surface area contributed by atoms with Gasteiger partial charge >= 0.3 is 0 Å². The Morgan fingerprint density at radius 3 is 2.33 bits per heavy atom. The van der Waals surface area contributed by atoms with Crippen molar-refractivity contribution in [3.8, 4) is 28.3 Å². The van der Waals surface area contributed by atoms with Crippen LogP contribution in [0.5, 0.6) is 5.75 Å². The number of likely N-dealkylation sites (tertiary alicyclic amines) is 1. The van der Waals surface area contributed by atoms with E-state index >= 15 is 0 Å². The van der Waals surface area contributed by atoms with E-state index in [0.29, 0.717) is 17.7 Å². The van der Waals surface area contributed by atoms with Crippen molar-refractivity contribution in [1.82, 2.24) is 14.5 Å². The molecular formula is C25H27N3O2. The smallest absolute Gasteiger partial charge is 0.225 e. The topological polar surface area (TPSA) is 47.4 Å². The van der Waals surface area contributed by atoms with Gasteiger partial charge in [0, 0.05) is 43.5 Å².